The Morgan fingerprint density at radius 2 is 2.31 bits per heavy atom. The molecule has 2 aromatic rings. The van der Waals surface area contributed by atoms with Gasteiger partial charge >= 0.3 is 0 Å². The fourth-order valence-corrected chi connectivity index (χ4v) is 2.15. The van der Waals surface area contributed by atoms with Gasteiger partial charge in [-0.05, 0) is 30.0 Å². The quantitative estimate of drug-likeness (QED) is 0.735. The second-order valence-corrected chi connectivity index (χ2v) is 3.75. The first-order valence-electron chi connectivity index (χ1n) is 3.89. The maximum Gasteiger partial charge on any atom is 0.248 e. The van der Waals surface area contributed by atoms with Gasteiger partial charge in [0.15, 0.2) is 0 Å². The number of aryl methyl sites for hydroxylation is 1. The molecule has 2 nitrogen and oxygen atoms in total. The van der Waals surface area contributed by atoms with Crippen LogP contribution in [0, 0.1) is 12.3 Å². The van der Waals surface area contributed by atoms with Crippen LogP contribution in [0.15, 0.2) is 18.2 Å². The summed E-state index contributed by atoms with van der Waals surface area (Å²) in [6.45, 7) is 2.00. The van der Waals surface area contributed by atoms with Gasteiger partial charge in [-0.3, -0.25) is 4.79 Å². The molecular formula is C10H8NOS. The van der Waals surface area contributed by atoms with Gasteiger partial charge in [0.2, 0.25) is 5.91 Å². The number of hydrogen-bond donors (Lipinski definition) is 1. The van der Waals surface area contributed by atoms with E-state index < -0.39 is 0 Å². The van der Waals surface area contributed by atoms with Crippen molar-refractivity contribution in [1.29, 1.82) is 0 Å². The van der Waals surface area contributed by atoms with Gasteiger partial charge in [-0.15, -0.1) is 11.3 Å². The number of amides is 1. The third kappa shape index (κ3) is 1.31. The van der Waals surface area contributed by atoms with Crippen molar-refractivity contribution in [3.05, 3.63) is 34.7 Å². The van der Waals surface area contributed by atoms with Crippen molar-refractivity contribution < 1.29 is 4.79 Å². The summed E-state index contributed by atoms with van der Waals surface area (Å²) in [7, 11) is 0. The normalized spacial score (nSPS) is 10.5. The molecule has 0 aliphatic rings. The van der Waals surface area contributed by atoms with Gasteiger partial charge < -0.3 is 5.73 Å². The molecule has 1 radical (unpaired) electrons. The van der Waals surface area contributed by atoms with Crippen molar-refractivity contribution in [2.24, 2.45) is 5.73 Å². The van der Waals surface area contributed by atoms with Gasteiger partial charge in [0.1, 0.15) is 0 Å². The summed E-state index contributed by atoms with van der Waals surface area (Å²) in [5.74, 6) is -0.382. The van der Waals surface area contributed by atoms with Gasteiger partial charge in [0.05, 0.1) is 0 Å². The first kappa shape index (κ1) is 8.26. The van der Waals surface area contributed by atoms with Crippen LogP contribution in [-0.2, 0) is 0 Å². The van der Waals surface area contributed by atoms with E-state index in [1.165, 1.54) is 11.3 Å². The number of benzene rings is 1. The lowest BCUT2D eigenvalue weighted by Crippen LogP contribution is -2.10. The Labute approximate surface area is 80.0 Å². The van der Waals surface area contributed by atoms with E-state index in [1.54, 1.807) is 6.07 Å². The predicted molar refractivity (Wildman–Crippen MR) is 53.9 cm³/mol. The summed E-state index contributed by atoms with van der Waals surface area (Å²) in [5, 5.41) is 4.28. The van der Waals surface area contributed by atoms with Crippen LogP contribution in [0.3, 0.4) is 0 Å². The molecule has 1 amide bonds. The van der Waals surface area contributed by atoms with E-state index in [4.69, 9.17) is 5.73 Å². The number of nitrogens with two attached hydrogens (primary N) is 1. The van der Waals surface area contributed by atoms with Gasteiger partial charge in [-0.2, -0.15) is 0 Å². The topological polar surface area (TPSA) is 43.1 Å². The molecule has 0 saturated heterocycles. The molecule has 0 aliphatic heterocycles. The highest BCUT2D eigenvalue weighted by molar-refractivity contribution is 7.16. The van der Waals surface area contributed by atoms with Crippen molar-refractivity contribution in [3.8, 4) is 0 Å². The Morgan fingerprint density at radius 3 is 3.00 bits per heavy atom. The van der Waals surface area contributed by atoms with Gasteiger partial charge in [-0.1, -0.05) is 6.07 Å². The zero-order valence-corrected chi connectivity index (χ0v) is 7.94. The molecular weight excluding hydrogens is 182 g/mol. The minimum Gasteiger partial charge on any atom is -0.366 e. The molecule has 65 valence electrons. The zero-order valence-electron chi connectivity index (χ0n) is 7.13. The Kier molecular flexibility index (Phi) is 1.81. The number of rotatable bonds is 1. The molecule has 0 atom stereocenters. The second-order valence-electron chi connectivity index (χ2n) is 2.90. The third-order valence-electron chi connectivity index (χ3n) is 1.98. The molecule has 0 spiro atoms. The molecule has 2 N–H and O–H groups in total. The molecule has 0 unspecified atom stereocenters. The molecule has 0 saturated carbocycles. The highest BCUT2D eigenvalue weighted by Crippen LogP contribution is 2.25. The van der Waals surface area contributed by atoms with Crippen LogP contribution in [0.1, 0.15) is 15.9 Å². The van der Waals surface area contributed by atoms with Crippen molar-refractivity contribution in [3.63, 3.8) is 0 Å². The molecule has 2 rings (SSSR count). The summed E-state index contributed by atoms with van der Waals surface area (Å²) >= 11 is 1.51. The van der Waals surface area contributed by atoms with E-state index in [1.807, 2.05) is 19.1 Å². The predicted octanol–water partition coefficient (Wildman–Crippen LogP) is 2.11. The Bertz CT molecular complexity index is 473. The van der Waals surface area contributed by atoms with Crippen LogP contribution >= 0.6 is 11.3 Å². The van der Waals surface area contributed by atoms with E-state index in [-0.39, 0.29) is 5.91 Å². The number of thiophene rings is 1. The minimum absolute atomic E-state index is 0.382. The van der Waals surface area contributed by atoms with Crippen molar-refractivity contribution >= 4 is 27.3 Å². The van der Waals surface area contributed by atoms with Crippen LogP contribution in [0.2, 0.25) is 0 Å². The third-order valence-corrected chi connectivity index (χ3v) is 2.95. The fraction of sp³-hybridized carbons (Fsp3) is 0.100. The van der Waals surface area contributed by atoms with Crippen molar-refractivity contribution in [2.75, 3.05) is 0 Å². The summed E-state index contributed by atoms with van der Waals surface area (Å²) in [5.41, 5.74) is 6.85. The monoisotopic (exact) mass is 190 g/mol. The van der Waals surface area contributed by atoms with E-state index in [0.29, 0.717) is 5.56 Å². The molecule has 3 heteroatoms. The maximum absolute atomic E-state index is 10.9. The van der Waals surface area contributed by atoms with Crippen LogP contribution in [0.4, 0.5) is 0 Å². The summed E-state index contributed by atoms with van der Waals surface area (Å²) < 4.78 is 1.06. The highest BCUT2D eigenvalue weighted by atomic mass is 32.1. The molecule has 0 fully saturated rings. The number of carbonyl (C=O) groups is 1. The molecule has 0 aliphatic carbocycles. The van der Waals surface area contributed by atoms with Crippen molar-refractivity contribution in [2.45, 2.75) is 6.92 Å². The first-order chi connectivity index (χ1) is 6.18. The van der Waals surface area contributed by atoms with E-state index >= 15 is 0 Å². The summed E-state index contributed by atoms with van der Waals surface area (Å²) in [4.78, 5) is 10.9. The van der Waals surface area contributed by atoms with Gasteiger partial charge in [0.25, 0.3) is 0 Å². The molecule has 1 heterocycles. The average molecular weight is 190 g/mol. The first-order valence-corrected chi connectivity index (χ1v) is 4.71. The minimum atomic E-state index is -0.382. The Morgan fingerprint density at radius 1 is 1.54 bits per heavy atom. The fourth-order valence-electron chi connectivity index (χ4n) is 1.26. The van der Waals surface area contributed by atoms with E-state index in [2.05, 4.69) is 5.38 Å². The SMILES string of the molecule is Cc1[c]sc2cc(C(N)=O)ccc12. The summed E-state index contributed by atoms with van der Waals surface area (Å²) in [6.07, 6.45) is 0. The van der Waals surface area contributed by atoms with Crippen LogP contribution < -0.4 is 5.73 Å². The number of hydrogen-bond acceptors (Lipinski definition) is 2. The van der Waals surface area contributed by atoms with Crippen LogP contribution in [0.5, 0.6) is 0 Å². The van der Waals surface area contributed by atoms with Crippen LogP contribution in [0.25, 0.3) is 10.1 Å². The second kappa shape index (κ2) is 2.85. The standard InChI is InChI=1S/C10H8NOS/c1-6-5-13-9-4-7(10(11)12)2-3-8(6)9/h2-4H,1H3,(H2,11,12). The average Bonchev–Trinajstić information content (AvgIpc) is 2.47. The smallest absolute Gasteiger partial charge is 0.248 e. The maximum atomic E-state index is 10.9. The summed E-state index contributed by atoms with van der Waals surface area (Å²) in [6, 6.07) is 5.47. The lowest BCUT2D eigenvalue weighted by Gasteiger charge is -1.95. The Hall–Kier alpha value is -1.35. The van der Waals surface area contributed by atoms with Gasteiger partial charge in [0, 0.05) is 15.6 Å². The van der Waals surface area contributed by atoms with Gasteiger partial charge in [-0.25, -0.2) is 0 Å². The molecule has 0 bridgehead atoms. The molecule has 1 aromatic heterocycles. The molecule has 1 aromatic carbocycles. The molecule has 13 heavy (non-hydrogen) atoms. The van der Waals surface area contributed by atoms with Crippen molar-refractivity contribution in [1.82, 2.24) is 0 Å². The number of fused-ring (bicyclic) bond motifs is 1. The number of carbonyl (C=O) groups excluding carboxylic acids is 1. The van der Waals surface area contributed by atoms with Crippen LogP contribution in [-0.4, -0.2) is 5.91 Å². The lowest BCUT2D eigenvalue weighted by atomic mass is 10.1. The van der Waals surface area contributed by atoms with E-state index in [9.17, 15) is 4.79 Å². The zero-order chi connectivity index (χ0) is 9.42. The van der Waals surface area contributed by atoms with E-state index in [0.717, 1.165) is 15.6 Å². The Balaban J connectivity index is 2.70. The largest absolute Gasteiger partial charge is 0.366 e. The number of primary amides is 1. The lowest BCUT2D eigenvalue weighted by molar-refractivity contribution is 0.100. The highest BCUT2D eigenvalue weighted by Gasteiger charge is 2.04.